The molecule has 1 heterocycles. The number of urea groups is 1. The number of Topliss-reactive ketones (excluding diaryl/α,β-unsaturated/α-hetero) is 1. The fourth-order valence-corrected chi connectivity index (χ4v) is 8.19. The molecule has 0 spiro atoms. The summed E-state index contributed by atoms with van der Waals surface area (Å²) in [5.74, 6) is -1.84. The van der Waals surface area contributed by atoms with Gasteiger partial charge < -0.3 is 31.7 Å². The maximum atomic E-state index is 13.9. The van der Waals surface area contributed by atoms with Gasteiger partial charge in [-0.2, -0.15) is 0 Å². The average Bonchev–Trinajstić information content (AvgIpc) is 3.71. The number of para-hydroxylation sites is 1. The summed E-state index contributed by atoms with van der Waals surface area (Å²) in [5, 5.41) is 12.8. The number of hydrogen-bond acceptors (Lipinski definition) is 10. The molecule has 0 unspecified atom stereocenters. The number of amides is 4. The van der Waals surface area contributed by atoms with Gasteiger partial charge in [0.2, 0.25) is 23.6 Å². The highest BCUT2D eigenvalue weighted by atomic mass is 32.2. The molecule has 1 aromatic heterocycles. The zero-order chi connectivity index (χ0) is 41.7. The summed E-state index contributed by atoms with van der Waals surface area (Å²) in [6, 6.07) is 15.7. The van der Waals surface area contributed by atoms with Crippen LogP contribution in [0.15, 0.2) is 88.2 Å². The Labute approximate surface area is 337 Å². The monoisotopic (exact) mass is 818 g/mol. The Bertz CT molecular complexity index is 2150. The number of guanidine groups is 1. The molecule has 4 aromatic rings. The van der Waals surface area contributed by atoms with Crippen molar-refractivity contribution in [3.05, 3.63) is 106 Å². The van der Waals surface area contributed by atoms with E-state index in [4.69, 9.17) is 10.5 Å². The Morgan fingerprint density at radius 1 is 0.895 bits per heavy atom. The zero-order valence-electron chi connectivity index (χ0n) is 32.8. The van der Waals surface area contributed by atoms with Crippen LogP contribution in [0.25, 0.3) is 0 Å². The van der Waals surface area contributed by atoms with Crippen molar-refractivity contribution in [1.29, 1.82) is 0 Å². The van der Waals surface area contributed by atoms with Crippen LogP contribution in [0.3, 0.4) is 0 Å². The summed E-state index contributed by atoms with van der Waals surface area (Å²) in [5.41, 5.74) is 8.99. The molecule has 7 N–H and O–H groups in total. The summed E-state index contributed by atoms with van der Waals surface area (Å²) in [6.45, 7) is 8.62. The van der Waals surface area contributed by atoms with E-state index in [2.05, 4.69) is 36.0 Å². The van der Waals surface area contributed by atoms with Crippen LogP contribution in [0.5, 0.6) is 5.75 Å². The van der Waals surface area contributed by atoms with Crippen molar-refractivity contribution in [3.8, 4) is 5.75 Å². The van der Waals surface area contributed by atoms with E-state index in [1.54, 1.807) is 70.3 Å². The Kier molecular flexibility index (Phi) is 15.7. The van der Waals surface area contributed by atoms with Crippen LogP contribution in [0.2, 0.25) is 0 Å². The number of nitrogens with one attached hydrogen (secondary N) is 5. The second kappa shape index (κ2) is 20.4. The van der Waals surface area contributed by atoms with Crippen LogP contribution in [0, 0.1) is 26.7 Å². The molecule has 15 nitrogen and oxygen atoms in total. The predicted octanol–water partition coefficient (Wildman–Crippen LogP) is 4.39. The molecule has 17 heteroatoms. The smallest absolute Gasteiger partial charge is 0.319 e. The Morgan fingerprint density at radius 2 is 1.56 bits per heavy atom. The lowest BCUT2D eigenvalue weighted by Gasteiger charge is -2.27. The van der Waals surface area contributed by atoms with Gasteiger partial charge in [-0.05, 0) is 80.0 Å². The predicted molar refractivity (Wildman–Crippen MR) is 221 cm³/mol. The molecule has 0 aliphatic carbocycles. The van der Waals surface area contributed by atoms with E-state index in [1.165, 1.54) is 13.3 Å². The SMILES string of the molecule is COc1cc(C)c(S(=O)(=O)NC(N)=NCCC[C@H](NC(=O)[C@@H](NC(=O)[C@H](Cc2ccccc2)NC(=O)Nc2ccccc2)C(C)C)C(=O)c2nccs2)c(C)c1C. The lowest BCUT2D eigenvalue weighted by molar-refractivity contribution is -0.131. The first-order chi connectivity index (χ1) is 27.1. The van der Waals surface area contributed by atoms with E-state index in [-0.39, 0.29) is 41.7 Å². The topological polar surface area (TPSA) is 223 Å². The van der Waals surface area contributed by atoms with Gasteiger partial charge in [0, 0.05) is 30.2 Å². The summed E-state index contributed by atoms with van der Waals surface area (Å²) >= 11 is 1.12. The van der Waals surface area contributed by atoms with Crippen LogP contribution >= 0.6 is 11.3 Å². The number of aliphatic imine (C=N–C) groups is 1. The van der Waals surface area contributed by atoms with E-state index in [9.17, 15) is 27.6 Å². The van der Waals surface area contributed by atoms with Gasteiger partial charge in [0.15, 0.2) is 5.01 Å². The van der Waals surface area contributed by atoms with Crippen molar-refractivity contribution in [2.24, 2.45) is 16.6 Å². The quantitative estimate of drug-likeness (QED) is 0.0362. The van der Waals surface area contributed by atoms with Gasteiger partial charge in [-0.15, -0.1) is 11.3 Å². The number of anilines is 1. The zero-order valence-corrected chi connectivity index (χ0v) is 34.4. The first-order valence-corrected chi connectivity index (χ1v) is 20.7. The minimum Gasteiger partial charge on any atom is -0.496 e. The molecule has 304 valence electrons. The van der Waals surface area contributed by atoms with Crippen molar-refractivity contribution >= 4 is 56.6 Å². The van der Waals surface area contributed by atoms with E-state index >= 15 is 0 Å². The number of benzene rings is 3. The Hall–Kier alpha value is -5.81. The molecule has 0 radical (unpaired) electrons. The van der Waals surface area contributed by atoms with Crippen molar-refractivity contribution in [2.75, 3.05) is 19.0 Å². The van der Waals surface area contributed by atoms with Gasteiger partial charge in [0.05, 0.1) is 18.0 Å². The van der Waals surface area contributed by atoms with Gasteiger partial charge in [0.25, 0.3) is 10.0 Å². The van der Waals surface area contributed by atoms with Gasteiger partial charge in [0.1, 0.15) is 17.8 Å². The van der Waals surface area contributed by atoms with Crippen molar-refractivity contribution in [1.82, 2.24) is 25.7 Å². The van der Waals surface area contributed by atoms with Crippen molar-refractivity contribution < 1.29 is 32.3 Å². The molecule has 4 amide bonds. The number of aryl methyl sites for hydroxylation is 1. The van der Waals surface area contributed by atoms with E-state index in [0.717, 1.165) is 16.9 Å². The van der Waals surface area contributed by atoms with E-state index in [1.807, 2.05) is 36.4 Å². The molecule has 3 atom stereocenters. The number of aromatic nitrogens is 1. The Morgan fingerprint density at radius 3 is 2.18 bits per heavy atom. The molecule has 0 saturated heterocycles. The summed E-state index contributed by atoms with van der Waals surface area (Å²) in [6.07, 6.45) is 1.94. The molecule has 4 rings (SSSR count). The van der Waals surface area contributed by atoms with E-state index in [0.29, 0.717) is 28.1 Å². The largest absolute Gasteiger partial charge is 0.496 e. The highest BCUT2D eigenvalue weighted by molar-refractivity contribution is 7.90. The molecular weight excluding hydrogens is 769 g/mol. The number of thiazole rings is 1. The van der Waals surface area contributed by atoms with Crippen LogP contribution in [-0.4, -0.2) is 74.8 Å². The van der Waals surface area contributed by atoms with Crippen LogP contribution in [-0.2, 0) is 26.0 Å². The van der Waals surface area contributed by atoms with Gasteiger partial charge in [-0.25, -0.2) is 22.9 Å². The maximum absolute atomic E-state index is 13.9. The number of carbonyl (C=O) groups excluding carboxylic acids is 4. The number of carbonyl (C=O) groups is 4. The standard InChI is InChI=1S/C40H50N8O7S2/c1-24(2)33(47-36(50)31(23-28-14-9-7-10-15-28)46-40(52)44-29-16-11-8-12-17-29)37(51)45-30(34(49)38-42-20-21-56-38)18-13-19-43-39(41)48-57(53,54)35-25(3)22-32(55-6)26(4)27(35)5/h7-12,14-17,20-22,24,30-31,33H,13,18-19,23H2,1-6H3,(H,45,51)(H,47,50)(H3,41,43,48)(H2,44,46,52)/t30-,31-,33-/m0/s1. The molecule has 0 aliphatic rings. The molecule has 0 bridgehead atoms. The molecule has 0 fully saturated rings. The van der Waals surface area contributed by atoms with Gasteiger partial charge in [-0.1, -0.05) is 62.4 Å². The summed E-state index contributed by atoms with van der Waals surface area (Å²) < 4.78 is 34.3. The normalized spacial score (nSPS) is 13.2. The van der Waals surface area contributed by atoms with Crippen LogP contribution in [0.4, 0.5) is 10.5 Å². The number of methoxy groups -OCH3 is 1. The number of nitrogens with two attached hydrogens (primary N) is 1. The first-order valence-electron chi connectivity index (χ1n) is 18.3. The van der Waals surface area contributed by atoms with Gasteiger partial charge in [-0.3, -0.25) is 19.4 Å². The lowest BCUT2D eigenvalue weighted by Crippen LogP contribution is -2.58. The van der Waals surface area contributed by atoms with Gasteiger partial charge >= 0.3 is 6.03 Å². The molecular formula is C40H50N8O7S2. The number of sulfonamides is 1. The fourth-order valence-electron chi connectivity index (χ4n) is 6.08. The molecule has 0 saturated carbocycles. The molecule has 57 heavy (non-hydrogen) atoms. The number of ether oxygens (including phenoxy) is 1. The third-order valence-corrected chi connectivity index (χ3v) is 11.5. The third kappa shape index (κ3) is 12.3. The summed E-state index contributed by atoms with van der Waals surface area (Å²) in [7, 11) is -2.58. The average molecular weight is 819 g/mol. The summed E-state index contributed by atoms with van der Waals surface area (Å²) in [4.78, 5) is 62.6. The van der Waals surface area contributed by atoms with Crippen LogP contribution < -0.4 is 36.5 Å². The van der Waals surface area contributed by atoms with E-state index < -0.39 is 57.7 Å². The highest BCUT2D eigenvalue weighted by Gasteiger charge is 2.32. The second-order valence-corrected chi connectivity index (χ2v) is 16.2. The maximum Gasteiger partial charge on any atom is 0.319 e. The minimum atomic E-state index is -4.09. The first kappa shape index (κ1) is 43.9. The number of nitrogens with zero attached hydrogens (tertiary/aromatic N) is 2. The fraction of sp³-hybridized carbons (Fsp3) is 0.350. The number of ketones is 1. The molecule has 0 aliphatic heterocycles. The third-order valence-electron chi connectivity index (χ3n) is 9.10. The number of hydrogen-bond donors (Lipinski definition) is 6. The highest BCUT2D eigenvalue weighted by Crippen LogP contribution is 2.30. The number of rotatable bonds is 18. The minimum absolute atomic E-state index is 0.0215. The van der Waals surface area contributed by atoms with Crippen molar-refractivity contribution in [2.45, 2.75) is 76.9 Å². The van der Waals surface area contributed by atoms with Crippen LogP contribution in [0.1, 0.15) is 58.7 Å². The second-order valence-electron chi connectivity index (χ2n) is 13.7. The van der Waals surface area contributed by atoms with Crippen molar-refractivity contribution in [3.63, 3.8) is 0 Å². The lowest BCUT2D eigenvalue weighted by atomic mass is 9.99. The molecule has 3 aromatic carbocycles. The Balaban J connectivity index is 1.46.